The van der Waals surface area contributed by atoms with Crippen molar-refractivity contribution in [3.8, 4) is 0 Å². The normalized spacial score (nSPS) is 18.7. The van der Waals surface area contributed by atoms with Gasteiger partial charge >= 0.3 is 5.97 Å². The number of unbranched alkanes of at least 4 members (excludes halogenated alkanes) is 3. The zero-order chi connectivity index (χ0) is 14.1. The van der Waals surface area contributed by atoms with Gasteiger partial charge in [0.05, 0.1) is 5.92 Å². The Bertz CT molecular complexity index is 321. The number of aliphatic carboxylic acids is 1. The van der Waals surface area contributed by atoms with Crippen LogP contribution in [0.25, 0.3) is 0 Å². The van der Waals surface area contributed by atoms with Crippen LogP contribution in [-0.4, -0.2) is 36.0 Å². The number of carboxylic acids is 1. The lowest BCUT2D eigenvalue weighted by Gasteiger charge is -2.21. The Kier molecular flexibility index (Phi) is 6.92. The van der Waals surface area contributed by atoms with Gasteiger partial charge in [0.25, 0.3) is 0 Å². The molecule has 19 heavy (non-hydrogen) atoms. The van der Waals surface area contributed by atoms with Crippen LogP contribution < -0.4 is 10.6 Å². The highest BCUT2D eigenvalue weighted by molar-refractivity contribution is 5.83. The molecule has 1 unspecified atom stereocenters. The Morgan fingerprint density at radius 2 is 2.00 bits per heavy atom. The van der Waals surface area contributed by atoms with Crippen molar-refractivity contribution in [2.75, 3.05) is 13.1 Å². The molecular weight excluding hydrogens is 248 g/mol. The predicted octanol–water partition coefficient (Wildman–Crippen LogP) is 0.664. The topological polar surface area (TPSA) is 95.5 Å². The van der Waals surface area contributed by atoms with Crippen LogP contribution in [0.15, 0.2) is 0 Å². The molecule has 0 radical (unpaired) electrons. The van der Waals surface area contributed by atoms with Gasteiger partial charge in [-0.05, 0) is 19.3 Å². The first-order valence-corrected chi connectivity index (χ1v) is 6.86. The molecule has 0 aromatic carbocycles. The number of piperidine rings is 1. The SMILES string of the molecule is O=C(O)CCCCCCNC(=O)C1CCC(=O)NC1. The largest absolute Gasteiger partial charge is 0.481 e. The Morgan fingerprint density at radius 3 is 2.63 bits per heavy atom. The molecule has 0 aromatic rings. The maximum Gasteiger partial charge on any atom is 0.303 e. The number of hydrogen-bond donors (Lipinski definition) is 3. The molecule has 108 valence electrons. The summed E-state index contributed by atoms with van der Waals surface area (Å²) in [5.41, 5.74) is 0. The second kappa shape index (κ2) is 8.50. The lowest BCUT2D eigenvalue weighted by Crippen LogP contribution is -2.43. The first-order chi connectivity index (χ1) is 9.09. The molecule has 0 bridgehead atoms. The first-order valence-electron chi connectivity index (χ1n) is 6.86. The van der Waals surface area contributed by atoms with Gasteiger partial charge in [-0.2, -0.15) is 0 Å². The minimum absolute atomic E-state index is 0.00513. The summed E-state index contributed by atoms with van der Waals surface area (Å²) in [7, 11) is 0. The van der Waals surface area contributed by atoms with Gasteiger partial charge in [-0.25, -0.2) is 0 Å². The third-order valence-electron chi connectivity index (χ3n) is 3.25. The summed E-state index contributed by atoms with van der Waals surface area (Å²) in [5, 5.41) is 14.0. The van der Waals surface area contributed by atoms with Gasteiger partial charge in [0, 0.05) is 25.9 Å². The summed E-state index contributed by atoms with van der Waals surface area (Å²) >= 11 is 0. The molecule has 6 heteroatoms. The first kappa shape index (κ1) is 15.5. The summed E-state index contributed by atoms with van der Waals surface area (Å²) in [6.45, 7) is 1.06. The molecule has 0 aliphatic carbocycles. The summed E-state index contributed by atoms with van der Waals surface area (Å²) < 4.78 is 0. The number of carboxylic acid groups (broad SMARTS) is 1. The minimum atomic E-state index is -0.757. The molecule has 1 fully saturated rings. The van der Waals surface area contributed by atoms with Crippen LogP contribution in [-0.2, 0) is 14.4 Å². The van der Waals surface area contributed by atoms with E-state index >= 15 is 0 Å². The van der Waals surface area contributed by atoms with E-state index in [1.807, 2.05) is 0 Å². The average molecular weight is 270 g/mol. The standard InChI is InChI=1S/C13H22N2O4/c16-11-7-6-10(9-15-11)13(19)14-8-4-2-1-3-5-12(17)18/h10H,1-9H2,(H,14,19)(H,15,16)(H,17,18). The highest BCUT2D eigenvalue weighted by Crippen LogP contribution is 2.10. The van der Waals surface area contributed by atoms with E-state index in [4.69, 9.17) is 5.11 Å². The van der Waals surface area contributed by atoms with E-state index in [9.17, 15) is 14.4 Å². The molecule has 1 aliphatic rings. The molecular formula is C13H22N2O4. The molecule has 1 atom stereocenters. The third kappa shape index (κ3) is 6.79. The highest BCUT2D eigenvalue weighted by atomic mass is 16.4. The maximum absolute atomic E-state index is 11.7. The number of rotatable bonds is 8. The number of hydrogen-bond acceptors (Lipinski definition) is 3. The van der Waals surface area contributed by atoms with Crippen LogP contribution >= 0.6 is 0 Å². The Labute approximate surface area is 112 Å². The zero-order valence-electron chi connectivity index (χ0n) is 11.1. The van der Waals surface area contributed by atoms with E-state index in [0.717, 1.165) is 19.3 Å². The summed E-state index contributed by atoms with van der Waals surface area (Å²) in [5.74, 6) is -0.842. The number of nitrogens with one attached hydrogen (secondary N) is 2. The van der Waals surface area contributed by atoms with Crippen LogP contribution in [0.4, 0.5) is 0 Å². The van der Waals surface area contributed by atoms with Crippen LogP contribution in [0.1, 0.15) is 44.9 Å². The van der Waals surface area contributed by atoms with E-state index in [1.54, 1.807) is 0 Å². The number of carbonyl (C=O) groups excluding carboxylic acids is 2. The predicted molar refractivity (Wildman–Crippen MR) is 69.5 cm³/mol. The summed E-state index contributed by atoms with van der Waals surface area (Å²) in [4.78, 5) is 33.0. The van der Waals surface area contributed by atoms with E-state index < -0.39 is 5.97 Å². The van der Waals surface area contributed by atoms with E-state index in [2.05, 4.69) is 10.6 Å². The molecule has 1 aliphatic heterocycles. The Hall–Kier alpha value is -1.59. The second-order valence-electron chi connectivity index (χ2n) is 4.89. The molecule has 0 saturated carbocycles. The molecule has 0 spiro atoms. The second-order valence-corrected chi connectivity index (χ2v) is 4.89. The average Bonchev–Trinajstić information content (AvgIpc) is 2.38. The smallest absolute Gasteiger partial charge is 0.303 e. The van der Waals surface area contributed by atoms with Crippen LogP contribution in [0.5, 0.6) is 0 Å². The molecule has 6 nitrogen and oxygen atoms in total. The van der Waals surface area contributed by atoms with Crippen molar-refractivity contribution in [1.82, 2.24) is 10.6 Å². The van der Waals surface area contributed by atoms with Crippen LogP contribution in [0.2, 0.25) is 0 Å². The van der Waals surface area contributed by atoms with Gasteiger partial charge in [-0.1, -0.05) is 12.8 Å². The molecule has 0 aromatic heterocycles. The minimum Gasteiger partial charge on any atom is -0.481 e. The van der Waals surface area contributed by atoms with Gasteiger partial charge in [0.1, 0.15) is 0 Å². The monoisotopic (exact) mass is 270 g/mol. The van der Waals surface area contributed by atoms with Crippen molar-refractivity contribution >= 4 is 17.8 Å². The van der Waals surface area contributed by atoms with Gasteiger partial charge < -0.3 is 15.7 Å². The van der Waals surface area contributed by atoms with Crippen molar-refractivity contribution < 1.29 is 19.5 Å². The van der Waals surface area contributed by atoms with Crippen molar-refractivity contribution in [3.05, 3.63) is 0 Å². The fourth-order valence-electron chi connectivity index (χ4n) is 2.07. The van der Waals surface area contributed by atoms with E-state index in [-0.39, 0.29) is 24.2 Å². The van der Waals surface area contributed by atoms with Crippen molar-refractivity contribution in [2.45, 2.75) is 44.9 Å². The summed E-state index contributed by atoms with van der Waals surface area (Å²) in [6.07, 6.45) is 4.62. The maximum atomic E-state index is 11.7. The van der Waals surface area contributed by atoms with E-state index in [1.165, 1.54) is 0 Å². The number of carbonyl (C=O) groups is 3. The van der Waals surface area contributed by atoms with Crippen molar-refractivity contribution in [3.63, 3.8) is 0 Å². The lowest BCUT2D eigenvalue weighted by molar-refractivity contribution is -0.137. The highest BCUT2D eigenvalue weighted by Gasteiger charge is 2.23. The quantitative estimate of drug-likeness (QED) is 0.565. The number of amides is 2. The van der Waals surface area contributed by atoms with Crippen LogP contribution in [0, 0.1) is 5.92 Å². The summed E-state index contributed by atoms with van der Waals surface area (Å²) in [6, 6.07) is 0. The lowest BCUT2D eigenvalue weighted by atomic mass is 9.98. The fourth-order valence-corrected chi connectivity index (χ4v) is 2.07. The Morgan fingerprint density at radius 1 is 1.26 bits per heavy atom. The third-order valence-corrected chi connectivity index (χ3v) is 3.25. The van der Waals surface area contributed by atoms with Crippen LogP contribution in [0.3, 0.4) is 0 Å². The van der Waals surface area contributed by atoms with Crippen molar-refractivity contribution in [2.24, 2.45) is 5.92 Å². The fraction of sp³-hybridized carbons (Fsp3) is 0.769. The molecule has 1 saturated heterocycles. The molecule has 1 rings (SSSR count). The zero-order valence-corrected chi connectivity index (χ0v) is 11.1. The Balaban J connectivity index is 1.98. The van der Waals surface area contributed by atoms with Crippen molar-refractivity contribution in [1.29, 1.82) is 0 Å². The van der Waals surface area contributed by atoms with Gasteiger partial charge in [-0.15, -0.1) is 0 Å². The van der Waals surface area contributed by atoms with Gasteiger partial charge in [-0.3, -0.25) is 14.4 Å². The molecule has 1 heterocycles. The van der Waals surface area contributed by atoms with E-state index in [0.29, 0.717) is 32.4 Å². The molecule has 3 N–H and O–H groups in total. The molecule has 2 amide bonds. The van der Waals surface area contributed by atoms with Gasteiger partial charge in [0.2, 0.25) is 11.8 Å². The van der Waals surface area contributed by atoms with Gasteiger partial charge in [0.15, 0.2) is 0 Å².